The van der Waals surface area contributed by atoms with Gasteiger partial charge in [0.1, 0.15) is 11.6 Å². The zero-order chi connectivity index (χ0) is 15.4. The second-order valence-corrected chi connectivity index (χ2v) is 6.45. The molecule has 5 heteroatoms. The minimum atomic E-state index is -1.40. The zero-order valence-electron chi connectivity index (χ0n) is 11.5. The fraction of sp³-hybridized carbons (Fsp3) is 0.250. The normalized spacial score (nSPS) is 14.1. The van der Waals surface area contributed by atoms with E-state index in [1.807, 2.05) is 0 Å². The molecule has 0 aliphatic heterocycles. The third kappa shape index (κ3) is 4.19. The Kier molecular flexibility index (Phi) is 5.20. The van der Waals surface area contributed by atoms with Crippen LogP contribution in [0.5, 0.6) is 0 Å². The van der Waals surface area contributed by atoms with E-state index >= 15 is 0 Å². The average Bonchev–Trinajstić information content (AvgIpc) is 2.42. The van der Waals surface area contributed by atoms with Crippen LogP contribution in [0.15, 0.2) is 48.5 Å². The van der Waals surface area contributed by atoms with E-state index in [0.717, 1.165) is 0 Å². The summed E-state index contributed by atoms with van der Waals surface area (Å²) in [4.78, 5) is 0. The van der Waals surface area contributed by atoms with Crippen LogP contribution >= 0.6 is 0 Å². The molecule has 2 rings (SSSR count). The number of benzene rings is 2. The molecular weight excluding hydrogens is 294 g/mol. The van der Waals surface area contributed by atoms with Gasteiger partial charge in [0.05, 0.1) is 17.1 Å². The molecule has 0 saturated heterocycles. The highest BCUT2D eigenvalue weighted by atomic mass is 32.2. The molecule has 0 amide bonds. The van der Waals surface area contributed by atoms with E-state index in [1.165, 1.54) is 24.3 Å². The van der Waals surface area contributed by atoms with Crippen molar-refractivity contribution in [1.29, 1.82) is 0 Å². The maximum Gasteiger partial charge on any atom is 0.123 e. The molecule has 0 fully saturated rings. The molecule has 0 bridgehead atoms. The zero-order valence-corrected chi connectivity index (χ0v) is 12.3. The van der Waals surface area contributed by atoms with Gasteiger partial charge in [0.25, 0.3) is 0 Å². The Morgan fingerprint density at radius 3 is 1.67 bits per heavy atom. The minimum Gasteiger partial charge on any atom is -0.392 e. The summed E-state index contributed by atoms with van der Waals surface area (Å²) in [7, 11) is -1.40. The molecule has 21 heavy (non-hydrogen) atoms. The highest BCUT2D eigenvalue weighted by molar-refractivity contribution is 7.85. The Morgan fingerprint density at radius 2 is 1.33 bits per heavy atom. The van der Waals surface area contributed by atoms with E-state index in [1.54, 1.807) is 31.2 Å². The van der Waals surface area contributed by atoms with Crippen LogP contribution in [0.1, 0.15) is 23.3 Å². The number of aliphatic hydroxyl groups is 1. The van der Waals surface area contributed by atoms with Crippen molar-refractivity contribution in [2.75, 3.05) is 5.75 Å². The van der Waals surface area contributed by atoms with Gasteiger partial charge >= 0.3 is 0 Å². The Balaban J connectivity index is 2.40. The van der Waals surface area contributed by atoms with Crippen molar-refractivity contribution < 1.29 is 18.1 Å². The van der Waals surface area contributed by atoms with Gasteiger partial charge < -0.3 is 5.11 Å². The fourth-order valence-corrected chi connectivity index (χ4v) is 3.69. The number of hydrogen-bond donors (Lipinski definition) is 1. The second kappa shape index (κ2) is 6.91. The lowest BCUT2D eigenvalue weighted by atomic mass is 10.0. The van der Waals surface area contributed by atoms with Gasteiger partial charge in [-0.2, -0.15) is 0 Å². The Labute approximate surface area is 124 Å². The number of aliphatic hydroxyl groups excluding tert-OH is 1. The Bertz CT molecular complexity index is 564. The van der Waals surface area contributed by atoms with Crippen molar-refractivity contribution in [2.45, 2.75) is 18.3 Å². The van der Waals surface area contributed by atoms with Crippen LogP contribution in [-0.2, 0) is 10.8 Å². The van der Waals surface area contributed by atoms with Gasteiger partial charge in [0, 0.05) is 10.8 Å². The van der Waals surface area contributed by atoms with E-state index in [2.05, 4.69) is 0 Å². The lowest BCUT2D eigenvalue weighted by Gasteiger charge is -2.18. The molecule has 1 N–H and O–H groups in total. The van der Waals surface area contributed by atoms with Crippen molar-refractivity contribution in [2.24, 2.45) is 0 Å². The van der Waals surface area contributed by atoms with Crippen molar-refractivity contribution in [3.63, 3.8) is 0 Å². The van der Waals surface area contributed by atoms with E-state index in [9.17, 15) is 18.1 Å². The Morgan fingerprint density at radius 1 is 0.952 bits per heavy atom. The van der Waals surface area contributed by atoms with Crippen molar-refractivity contribution in [1.82, 2.24) is 0 Å². The molecule has 2 aromatic rings. The monoisotopic (exact) mass is 310 g/mol. The summed E-state index contributed by atoms with van der Waals surface area (Å²) in [6, 6.07) is 11.4. The topological polar surface area (TPSA) is 37.3 Å². The molecule has 2 aromatic carbocycles. The Hall–Kier alpha value is -1.59. The lowest BCUT2D eigenvalue weighted by molar-refractivity contribution is 0.219. The molecule has 0 radical (unpaired) electrons. The maximum absolute atomic E-state index is 13.1. The molecule has 2 atom stereocenters. The molecule has 0 spiro atoms. The SMILES string of the molecule is C[C@H](O)C[S@@](=O)C(c1ccc(F)cc1)c1ccc(F)cc1. The van der Waals surface area contributed by atoms with Crippen LogP contribution in [0.4, 0.5) is 8.78 Å². The molecule has 0 unspecified atom stereocenters. The van der Waals surface area contributed by atoms with E-state index in [0.29, 0.717) is 11.1 Å². The summed E-state index contributed by atoms with van der Waals surface area (Å²) in [5.41, 5.74) is 1.34. The number of halogens is 2. The quantitative estimate of drug-likeness (QED) is 0.921. The van der Waals surface area contributed by atoms with Crippen LogP contribution in [0.2, 0.25) is 0 Å². The summed E-state index contributed by atoms with van der Waals surface area (Å²) >= 11 is 0. The maximum atomic E-state index is 13.1. The van der Waals surface area contributed by atoms with Gasteiger partial charge in [0.2, 0.25) is 0 Å². The summed E-state index contributed by atoms with van der Waals surface area (Å²) < 4.78 is 38.6. The van der Waals surface area contributed by atoms with Crippen LogP contribution in [0.3, 0.4) is 0 Å². The number of rotatable bonds is 5. The van der Waals surface area contributed by atoms with Gasteiger partial charge in [0.15, 0.2) is 0 Å². The van der Waals surface area contributed by atoms with E-state index in [4.69, 9.17) is 0 Å². The van der Waals surface area contributed by atoms with Gasteiger partial charge in [-0.15, -0.1) is 0 Å². The van der Waals surface area contributed by atoms with E-state index < -0.39 is 22.2 Å². The van der Waals surface area contributed by atoms with Crippen molar-refractivity contribution >= 4 is 10.8 Å². The smallest absolute Gasteiger partial charge is 0.123 e. The standard InChI is InChI=1S/C16H16F2O2S/c1-11(19)10-21(20)16(12-2-6-14(17)7-3-12)13-4-8-15(18)9-5-13/h2-9,11,16,19H,10H2,1H3/t11-,21+/m0/s1. The van der Waals surface area contributed by atoms with Gasteiger partial charge in [-0.1, -0.05) is 24.3 Å². The molecule has 2 nitrogen and oxygen atoms in total. The van der Waals surface area contributed by atoms with Crippen LogP contribution in [-0.4, -0.2) is 21.2 Å². The van der Waals surface area contributed by atoms with E-state index in [-0.39, 0.29) is 17.4 Å². The first-order valence-corrected chi connectivity index (χ1v) is 7.91. The third-order valence-electron chi connectivity index (χ3n) is 3.01. The molecule has 0 aliphatic rings. The average molecular weight is 310 g/mol. The lowest BCUT2D eigenvalue weighted by Crippen LogP contribution is -2.19. The first kappa shape index (κ1) is 15.8. The van der Waals surface area contributed by atoms with Gasteiger partial charge in [-0.25, -0.2) is 8.78 Å². The molecule has 0 heterocycles. The van der Waals surface area contributed by atoms with Crippen LogP contribution in [0.25, 0.3) is 0 Å². The second-order valence-electron chi connectivity index (χ2n) is 4.88. The summed E-state index contributed by atoms with van der Waals surface area (Å²) in [5.74, 6) is -0.657. The third-order valence-corrected chi connectivity index (χ3v) is 4.89. The minimum absolute atomic E-state index is 0.0966. The molecule has 0 aliphatic carbocycles. The molecule has 0 aromatic heterocycles. The van der Waals surface area contributed by atoms with Crippen molar-refractivity contribution in [3.8, 4) is 0 Å². The summed E-state index contributed by atoms with van der Waals surface area (Å²) in [5, 5.41) is 8.91. The molecular formula is C16H16F2O2S. The summed E-state index contributed by atoms with van der Waals surface area (Å²) in [6.45, 7) is 1.56. The first-order valence-electron chi connectivity index (χ1n) is 6.53. The fourth-order valence-electron chi connectivity index (χ4n) is 2.11. The molecule has 112 valence electrons. The van der Waals surface area contributed by atoms with Gasteiger partial charge in [-0.05, 0) is 42.3 Å². The first-order chi connectivity index (χ1) is 9.97. The predicted molar refractivity (Wildman–Crippen MR) is 79.3 cm³/mol. The van der Waals surface area contributed by atoms with Crippen molar-refractivity contribution in [3.05, 3.63) is 71.3 Å². The summed E-state index contributed by atoms with van der Waals surface area (Å²) in [6.07, 6.45) is -0.714. The molecule has 0 saturated carbocycles. The highest BCUT2D eigenvalue weighted by Gasteiger charge is 2.22. The van der Waals surface area contributed by atoms with Gasteiger partial charge in [-0.3, -0.25) is 4.21 Å². The van der Waals surface area contributed by atoms with Crippen LogP contribution < -0.4 is 0 Å². The largest absolute Gasteiger partial charge is 0.392 e. The number of hydrogen-bond acceptors (Lipinski definition) is 2. The predicted octanol–water partition coefficient (Wildman–Crippen LogP) is 3.18. The highest BCUT2D eigenvalue weighted by Crippen LogP contribution is 2.29. The van der Waals surface area contributed by atoms with Crippen LogP contribution in [0, 0.1) is 11.6 Å².